The number of unbranched alkanes of at least 4 members (excludes halogenated alkanes) is 3. The molecule has 252 valence electrons. The van der Waals surface area contributed by atoms with Gasteiger partial charge >= 0.3 is 0 Å². The lowest BCUT2D eigenvalue weighted by Gasteiger charge is -2.45. The maximum atomic E-state index is 6.78. The average Bonchev–Trinajstić information content (AvgIpc) is 3.53. The minimum atomic E-state index is -0.178. The predicted octanol–water partition coefficient (Wildman–Crippen LogP) is 9.39. The van der Waals surface area contributed by atoms with Gasteiger partial charge in [-0.25, -0.2) is 0 Å². The van der Waals surface area contributed by atoms with Crippen molar-refractivity contribution in [3.05, 3.63) is 58.1 Å². The maximum Gasteiger partial charge on any atom is 0.126 e. The number of thioether (sulfide) groups is 1. The molecule has 0 aliphatic carbocycles. The highest BCUT2D eigenvalue weighted by molar-refractivity contribution is 14.1. The monoisotopic (exact) mass is 754 g/mol. The van der Waals surface area contributed by atoms with E-state index in [0.29, 0.717) is 19.8 Å². The molecule has 1 fully saturated rings. The third-order valence-corrected chi connectivity index (χ3v) is 10.8. The Kier molecular flexibility index (Phi) is 16.1. The first kappa shape index (κ1) is 36.8. The van der Waals surface area contributed by atoms with Crippen LogP contribution in [0.25, 0.3) is 0 Å². The number of halogens is 1. The quantitative estimate of drug-likeness (QED) is 0.0987. The van der Waals surface area contributed by atoms with E-state index in [2.05, 4.69) is 88.0 Å². The molecular formula is C37H55IO6S. The Morgan fingerprint density at radius 1 is 0.844 bits per heavy atom. The number of hydrogen-bond acceptors (Lipinski definition) is 7. The highest BCUT2D eigenvalue weighted by Crippen LogP contribution is 2.49. The minimum Gasteiger partial charge on any atom is -0.493 e. The number of fused-ring (bicyclic) bond motifs is 1. The van der Waals surface area contributed by atoms with E-state index in [4.69, 9.17) is 26.8 Å². The van der Waals surface area contributed by atoms with Gasteiger partial charge in [0.25, 0.3) is 0 Å². The molecule has 4 rings (SSSR count). The summed E-state index contributed by atoms with van der Waals surface area (Å²) in [5.74, 6) is 2.02. The van der Waals surface area contributed by atoms with Crippen LogP contribution in [0.4, 0.5) is 0 Å². The third-order valence-electron chi connectivity index (χ3n) is 8.58. The number of benzene rings is 2. The molecule has 2 aromatic rings. The van der Waals surface area contributed by atoms with Crippen molar-refractivity contribution < 1.29 is 26.8 Å². The van der Waals surface area contributed by atoms with Gasteiger partial charge in [-0.15, -0.1) is 11.8 Å². The Morgan fingerprint density at radius 3 is 2.27 bits per heavy atom. The summed E-state index contributed by atoms with van der Waals surface area (Å²) < 4.78 is 38.1. The van der Waals surface area contributed by atoms with Crippen molar-refractivity contribution in [2.75, 3.05) is 39.6 Å². The maximum absolute atomic E-state index is 6.78. The second-order valence-electron chi connectivity index (χ2n) is 12.3. The Labute approximate surface area is 290 Å². The Morgan fingerprint density at radius 2 is 1.58 bits per heavy atom. The van der Waals surface area contributed by atoms with Gasteiger partial charge in [0.15, 0.2) is 0 Å². The first-order valence-corrected chi connectivity index (χ1v) is 19.1. The van der Waals surface area contributed by atoms with Crippen LogP contribution in [0.15, 0.2) is 30.3 Å². The van der Waals surface area contributed by atoms with Crippen molar-refractivity contribution in [1.82, 2.24) is 0 Å². The van der Waals surface area contributed by atoms with Crippen LogP contribution in [0.1, 0.15) is 106 Å². The molecule has 0 unspecified atom stereocenters. The summed E-state index contributed by atoms with van der Waals surface area (Å²) in [7, 11) is 0. The zero-order valence-corrected chi connectivity index (χ0v) is 31.1. The van der Waals surface area contributed by atoms with Crippen molar-refractivity contribution in [2.24, 2.45) is 0 Å². The van der Waals surface area contributed by atoms with Gasteiger partial charge in [-0.2, -0.15) is 0 Å². The van der Waals surface area contributed by atoms with Crippen LogP contribution in [-0.2, 0) is 30.1 Å². The Balaban J connectivity index is 1.69. The number of ether oxygens (including phenoxy) is 5. The van der Waals surface area contributed by atoms with E-state index in [-0.39, 0.29) is 28.8 Å². The van der Waals surface area contributed by atoms with E-state index in [9.17, 15) is 0 Å². The van der Waals surface area contributed by atoms with Gasteiger partial charge in [0.2, 0.25) is 0 Å². The lowest BCUT2D eigenvalue weighted by Crippen LogP contribution is -2.54. The fraction of sp³-hybridized carbons (Fsp3) is 0.676. The molecule has 1 saturated heterocycles. The lowest BCUT2D eigenvalue weighted by atomic mass is 9.92. The molecule has 2 aromatic carbocycles. The normalized spacial score (nSPS) is 22.8. The predicted molar refractivity (Wildman–Crippen MR) is 193 cm³/mol. The summed E-state index contributed by atoms with van der Waals surface area (Å²) >= 11 is 4.01. The Bertz CT molecular complexity index is 1160. The SMILES string of the molecule is CCCCOC[C@H]1S[C@@H](c2cc3c(c(Cc4ccc(OCCC)c(C)c4)c2)OCC3)[C@H](OCCCC)[C@@H](OCCCC)[C@@H]1OI. The van der Waals surface area contributed by atoms with Crippen molar-refractivity contribution in [3.63, 3.8) is 0 Å². The second kappa shape index (κ2) is 19.7. The van der Waals surface area contributed by atoms with Crippen molar-refractivity contribution in [1.29, 1.82) is 0 Å². The third kappa shape index (κ3) is 10.2. The molecular weight excluding hydrogens is 699 g/mol. The fourth-order valence-corrected chi connectivity index (χ4v) is 8.54. The van der Waals surface area contributed by atoms with Crippen LogP contribution >= 0.6 is 34.8 Å². The summed E-state index contributed by atoms with van der Waals surface area (Å²) in [6, 6.07) is 11.3. The standard InChI is InChI=1S/C37H55IO6S/c1-6-10-17-39-25-32-34(44-38)35(41-18-11-7-2)36(42-19-12-8-3)37(45-32)30-23-28-15-20-43-33(28)29(24-30)22-27-13-14-31(26(5)21-27)40-16-9-4/h13-14,21,23-24,32,34-37H,6-12,15-20,22,25H2,1-5H3/t32-,34-,35+,36-,37+/m1/s1. The molecule has 2 heterocycles. The van der Waals surface area contributed by atoms with Crippen LogP contribution < -0.4 is 9.47 Å². The van der Waals surface area contributed by atoms with Gasteiger partial charge in [0.1, 0.15) is 52.8 Å². The molecule has 8 heteroatoms. The summed E-state index contributed by atoms with van der Waals surface area (Å²) in [6.07, 6.45) is 8.72. The van der Waals surface area contributed by atoms with Crippen molar-refractivity contribution in [2.45, 2.75) is 121 Å². The van der Waals surface area contributed by atoms with Crippen LogP contribution in [-0.4, -0.2) is 63.2 Å². The summed E-state index contributed by atoms with van der Waals surface area (Å²) in [6.45, 7) is 15.2. The topological polar surface area (TPSA) is 55.4 Å². The smallest absolute Gasteiger partial charge is 0.126 e. The van der Waals surface area contributed by atoms with Crippen molar-refractivity contribution in [3.8, 4) is 11.5 Å². The van der Waals surface area contributed by atoms with Crippen LogP contribution in [0, 0.1) is 6.92 Å². The largest absolute Gasteiger partial charge is 0.493 e. The molecule has 2 aliphatic heterocycles. The molecule has 0 amide bonds. The lowest BCUT2D eigenvalue weighted by molar-refractivity contribution is -0.118. The van der Waals surface area contributed by atoms with E-state index in [1.165, 1.54) is 27.8 Å². The van der Waals surface area contributed by atoms with Gasteiger partial charge in [-0.3, -0.25) is 0 Å². The van der Waals surface area contributed by atoms with Gasteiger partial charge in [-0.1, -0.05) is 71.2 Å². The van der Waals surface area contributed by atoms with Crippen LogP contribution in [0.2, 0.25) is 0 Å². The first-order chi connectivity index (χ1) is 22.0. The van der Waals surface area contributed by atoms with E-state index in [1.807, 2.05) is 11.8 Å². The molecule has 0 N–H and O–H groups in total. The van der Waals surface area contributed by atoms with Crippen LogP contribution in [0.5, 0.6) is 11.5 Å². The van der Waals surface area contributed by atoms with Gasteiger partial charge < -0.3 is 26.8 Å². The summed E-state index contributed by atoms with van der Waals surface area (Å²) in [5.41, 5.74) is 6.25. The second-order valence-corrected chi connectivity index (χ2v) is 14.2. The molecule has 6 nitrogen and oxygen atoms in total. The molecule has 45 heavy (non-hydrogen) atoms. The molecule has 0 saturated carbocycles. The summed E-state index contributed by atoms with van der Waals surface area (Å²) in [4.78, 5) is 0. The van der Waals surface area contributed by atoms with Gasteiger partial charge in [0, 0.05) is 32.7 Å². The van der Waals surface area contributed by atoms with Gasteiger partial charge in [-0.05, 0) is 66.5 Å². The van der Waals surface area contributed by atoms with Crippen LogP contribution in [0.3, 0.4) is 0 Å². The van der Waals surface area contributed by atoms with Crippen molar-refractivity contribution >= 4 is 34.8 Å². The molecule has 5 atom stereocenters. The zero-order chi connectivity index (χ0) is 32.0. The highest BCUT2D eigenvalue weighted by Gasteiger charge is 2.48. The number of hydrogen-bond donors (Lipinski definition) is 0. The van der Waals surface area contributed by atoms with E-state index < -0.39 is 0 Å². The minimum absolute atomic E-state index is 0.0901. The first-order valence-electron chi connectivity index (χ1n) is 17.3. The van der Waals surface area contributed by atoms with E-state index >= 15 is 0 Å². The van der Waals surface area contributed by atoms with E-state index in [1.54, 1.807) is 0 Å². The number of aryl methyl sites for hydroxylation is 1. The fourth-order valence-electron chi connectivity index (χ4n) is 6.10. The molecule has 0 spiro atoms. The molecule has 0 bridgehead atoms. The average molecular weight is 755 g/mol. The molecule has 2 aliphatic rings. The van der Waals surface area contributed by atoms with E-state index in [0.717, 1.165) is 89.1 Å². The highest BCUT2D eigenvalue weighted by atomic mass is 127. The zero-order valence-electron chi connectivity index (χ0n) is 28.1. The molecule has 0 radical (unpaired) electrons. The number of rotatable bonds is 20. The summed E-state index contributed by atoms with van der Waals surface area (Å²) in [5, 5.41) is 0.222. The Hall–Kier alpha value is -1.04. The van der Waals surface area contributed by atoms with Gasteiger partial charge in [0.05, 0.1) is 30.3 Å². The molecule has 0 aromatic heterocycles.